The summed E-state index contributed by atoms with van der Waals surface area (Å²) >= 11 is 0. The molecule has 2 atom stereocenters. The molecule has 2 nitrogen and oxygen atoms in total. The molecule has 14 heavy (non-hydrogen) atoms. The van der Waals surface area contributed by atoms with Gasteiger partial charge in [-0.15, -0.1) is 0 Å². The van der Waals surface area contributed by atoms with Gasteiger partial charge in [0.1, 0.15) is 12.6 Å². The molecule has 0 aromatic carbocycles. The van der Waals surface area contributed by atoms with Crippen molar-refractivity contribution in [2.45, 2.75) is 27.7 Å². The van der Waals surface area contributed by atoms with E-state index in [-0.39, 0.29) is 5.92 Å². The molecule has 0 N–H and O–H groups in total. The molecule has 0 bridgehead atoms. The van der Waals surface area contributed by atoms with Gasteiger partial charge in [-0.05, 0) is 27.7 Å². The highest BCUT2D eigenvalue weighted by atomic mass is 16.1. The van der Waals surface area contributed by atoms with Crippen LogP contribution < -0.4 is 0 Å². The van der Waals surface area contributed by atoms with Gasteiger partial charge in [0.25, 0.3) is 0 Å². The maximum Gasteiger partial charge on any atom is 0.130 e. The van der Waals surface area contributed by atoms with E-state index >= 15 is 0 Å². The predicted molar refractivity (Wildman–Crippen MR) is 55.9 cm³/mol. The molecule has 0 aliphatic heterocycles. The molecule has 0 spiro atoms. The predicted octanol–water partition coefficient (Wildman–Crippen LogP) is 2.30. The van der Waals surface area contributed by atoms with Gasteiger partial charge in [0.05, 0.1) is 11.3 Å². The van der Waals surface area contributed by atoms with Gasteiger partial charge in [0, 0.05) is 0 Å². The Morgan fingerprint density at radius 2 is 1.86 bits per heavy atom. The Balaban J connectivity index is 3.32. The summed E-state index contributed by atoms with van der Waals surface area (Å²) in [6.45, 7) is 7.61. The zero-order valence-electron chi connectivity index (χ0n) is 9.13. The zero-order valence-corrected chi connectivity index (χ0v) is 9.13. The molecular weight excluding hydrogens is 176 g/mol. The molecule has 0 saturated carbocycles. The second-order valence-corrected chi connectivity index (χ2v) is 4.21. The van der Waals surface area contributed by atoms with Gasteiger partial charge in [0.2, 0.25) is 0 Å². The van der Waals surface area contributed by atoms with Crippen molar-refractivity contribution in [3.8, 4) is 0 Å². The van der Waals surface area contributed by atoms with Crippen LogP contribution in [0.2, 0.25) is 0 Å². The third-order valence-electron chi connectivity index (χ3n) is 3.40. The van der Waals surface area contributed by atoms with Crippen LogP contribution in [0, 0.1) is 11.3 Å². The van der Waals surface area contributed by atoms with Crippen LogP contribution in [-0.2, 0) is 9.59 Å². The summed E-state index contributed by atoms with van der Waals surface area (Å²) in [4.78, 5) is 22.1. The summed E-state index contributed by atoms with van der Waals surface area (Å²) in [5.41, 5.74) is 2.41. The average Bonchev–Trinajstić information content (AvgIpc) is 2.16. The van der Waals surface area contributed by atoms with Crippen LogP contribution in [0.25, 0.3) is 0 Å². The lowest BCUT2D eigenvalue weighted by Crippen LogP contribution is -2.34. The Kier molecular flexibility index (Phi) is 2.74. The first-order valence-corrected chi connectivity index (χ1v) is 4.75. The van der Waals surface area contributed by atoms with E-state index in [0.717, 1.165) is 29.3 Å². The highest BCUT2D eigenvalue weighted by Gasteiger charge is 2.39. The van der Waals surface area contributed by atoms with Crippen LogP contribution in [0.1, 0.15) is 27.7 Å². The summed E-state index contributed by atoms with van der Waals surface area (Å²) in [5.74, 6) is -0.301. The highest BCUT2D eigenvalue weighted by Crippen LogP contribution is 2.41. The summed E-state index contributed by atoms with van der Waals surface area (Å²) in [6.07, 6.45) is 3.75. The van der Waals surface area contributed by atoms with Crippen molar-refractivity contribution in [2.75, 3.05) is 0 Å². The van der Waals surface area contributed by atoms with Gasteiger partial charge >= 0.3 is 0 Å². The van der Waals surface area contributed by atoms with Gasteiger partial charge in [-0.3, -0.25) is 0 Å². The quantitative estimate of drug-likeness (QED) is 0.629. The van der Waals surface area contributed by atoms with Crippen molar-refractivity contribution in [1.82, 2.24) is 0 Å². The zero-order chi connectivity index (χ0) is 10.9. The van der Waals surface area contributed by atoms with Gasteiger partial charge in [-0.25, -0.2) is 0 Å². The van der Waals surface area contributed by atoms with E-state index in [1.807, 2.05) is 33.8 Å². The fourth-order valence-corrected chi connectivity index (χ4v) is 1.94. The SMILES string of the molecule is CC1=CC(C)=C(C)C(C=O)C1(C)C=O. The lowest BCUT2D eigenvalue weighted by Gasteiger charge is -2.35. The summed E-state index contributed by atoms with van der Waals surface area (Å²) in [7, 11) is 0. The molecule has 0 aromatic rings. The van der Waals surface area contributed by atoms with Gasteiger partial charge in [-0.1, -0.05) is 22.8 Å². The number of carbonyl (C=O) groups excluding carboxylic acids is 2. The Bertz CT molecular complexity index is 336. The topological polar surface area (TPSA) is 34.1 Å². The van der Waals surface area contributed by atoms with Crippen LogP contribution in [0.5, 0.6) is 0 Å². The van der Waals surface area contributed by atoms with Crippen molar-refractivity contribution >= 4 is 12.6 Å². The summed E-state index contributed by atoms with van der Waals surface area (Å²) in [6, 6.07) is 0. The van der Waals surface area contributed by atoms with E-state index in [1.165, 1.54) is 0 Å². The van der Waals surface area contributed by atoms with E-state index in [4.69, 9.17) is 0 Å². The van der Waals surface area contributed by atoms with Gasteiger partial charge < -0.3 is 9.59 Å². The molecule has 1 aliphatic carbocycles. The summed E-state index contributed by atoms with van der Waals surface area (Å²) < 4.78 is 0. The van der Waals surface area contributed by atoms with Crippen molar-refractivity contribution in [1.29, 1.82) is 0 Å². The standard InChI is InChI=1S/C12H16O2/c1-8-5-9(2)12(4,7-14)11(6-13)10(8)3/h5-7,11H,1-4H3. The number of hydrogen-bond acceptors (Lipinski definition) is 2. The lowest BCUT2D eigenvalue weighted by atomic mass is 9.66. The van der Waals surface area contributed by atoms with E-state index in [1.54, 1.807) is 0 Å². The normalized spacial score (nSPS) is 32.6. The van der Waals surface area contributed by atoms with Crippen molar-refractivity contribution in [2.24, 2.45) is 11.3 Å². The molecule has 0 radical (unpaired) electrons. The molecule has 1 rings (SSSR count). The minimum Gasteiger partial charge on any atom is -0.303 e. The Morgan fingerprint density at radius 3 is 2.29 bits per heavy atom. The second kappa shape index (κ2) is 3.52. The molecule has 0 fully saturated rings. The molecule has 0 saturated heterocycles. The van der Waals surface area contributed by atoms with Crippen LogP contribution >= 0.6 is 0 Å². The lowest BCUT2D eigenvalue weighted by molar-refractivity contribution is -0.121. The number of carbonyl (C=O) groups is 2. The minimum atomic E-state index is -0.647. The average molecular weight is 192 g/mol. The van der Waals surface area contributed by atoms with Crippen LogP contribution in [0.3, 0.4) is 0 Å². The fraction of sp³-hybridized carbons (Fsp3) is 0.500. The third kappa shape index (κ3) is 1.35. The Morgan fingerprint density at radius 1 is 1.29 bits per heavy atom. The number of hydrogen-bond donors (Lipinski definition) is 0. The highest BCUT2D eigenvalue weighted by molar-refractivity contribution is 5.77. The molecule has 0 aromatic heterocycles. The second-order valence-electron chi connectivity index (χ2n) is 4.21. The largest absolute Gasteiger partial charge is 0.303 e. The first-order valence-electron chi connectivity index (χ1n) is 4.75. The molecule has 2 unspecified atom stereocenters. The van der Waals surface area contributed by atoms with Crippen LogP contribution in [-0.4, -0.2) is 12.6 Å². The van der Waals surface area contributed by atoms with Crippen LogP contribution in [0.15, 0.2) is 22.8 Å². The van der Waals surface area contributed by atoms with Gasteiger partial charge in [-0.2, -0.15) is 0 Å². The minimum absolute atomic E-state index is 0.301. The maximum absolute atomic E-state index is 11.1. The molecule has 76 valence electrons. The van der Waals surface area contributed by atoms with E-state index < -0.39 is 5.41 Å². The van der Waals surface area contributed by atoms with Crippen molar-refractivity contribution in [3.05, 3.63) is 22.8 Å². The Labute approximate surface area is 84.7 Å². The third-order valence-corrected chi connectivity index (χ3v) is 3.40. The fourth-order valence-electron chi connectivity index (χ4n) is 1.94. The van der Waals surface area contributed by atoms with Crippen LogP contribution in [0.4, 0.5) is 0 Å². The van der Waals surface area contributed by atoms with Crippen molar-refractivity contribution < 1.29 is 9.59 Å². The molecule has 1 aliphatic rings. The number of aldehydes is 2. The number of allylic oxidation sites excluding steroid dienone is 4. The first-order chi connectivity index (χ1) is 6.47. The molecule has 0 heterocycles. The van der Waals surface area contributed by atoms with Crippen molar-refractivity contribution in [3.63, 3.8) is 0 Å². The smallest absolute Gasteiger partial charge is 0.130 e. The molecule has 2 heteroatoms. The molecular formula is C12H16O2. The molecule has 0 amide bonds. The number of rotatable bonds is 2. The Hall–Kier alpha value is -1.18. The maximum atomic E-state index is 11.1. The van der Waals surface area contributed by atoms with Gasteiger partial charge in [0.15, 0.2) is 0 Å². The van der Waals surface area contributed by atoms with E-state index in [9.17, 15) is 9.59 Å². The first kappa shape index (κ1) is 10.9. The monoisotopic (exact) mass is 192 g/mol. The summed E-state index contributed by atoms with van der Waals surface area (Å²) in [5, 5.41) is 0. The van der Waals surface area contributed by atoms with E-state index in [2.05, 4.69) is 0 Å². The van der Waals surface area contributed by atoms with E-state index in [0.29, 0.717) is 0 Å².